The number of rotatable bonds is 7. The number of benzene rings is 1. The molecule has 1 rings (SSSR count). The normalized spacial score (nSPS) is 13.6. The molecule has 0 saturated heterocycles. The van der Waals surface area contributed by atoms with Crippen LogP contribution in [0, 0.1) is 5.92 Å². The minimum atomic E-state index is -0.863. The summed E-state index contributed by atoms with van der Waals surface area (Å²) in [7, 11) is 0. The number of nitrogens with one attached hydrogen (secondary N) is 1. The van der Waals surface area contributed by atoms with Gasteiger partial charge in [-0.1, -0.05) is 44.2 Å². The Balaban J connectivity index is 2.32. The van der Waals surface area contributed by atoms with Gasteiger partial charge in [-0.15, -0.1) is 0 Å². The van der Waals surface area contributed by atoms with Gasteiger partial charge in [0.1, 0.15) is 0 Å². The molecule has 2 atom stereocenters. The number of carbonyl (C=O) groups is 2. The smallest absolute Gasteiger partial charge is 0.303 e. The zero-order chi connectivity index (χ0) is 14.3. The Morgan fingerprint density at radius 2 is 1.79 bits per heavy atom. The molecular formula is C15H21NO3. The Hall–Kier alpha value is -1.84. The van der Waals surface area contributed by atoms with Crippen LogP contribution in [0.4, 0.5) is 0 Å². The van der Waals surface area contributed by atoms with Crippen LogP contribution in [0.5, 0.6) is 0 Å². The van der Waals surface area contributed by atoms with E-state index in [0.29, 0.717) is 6.54 Å². The van der Waals surface area contributed by atoms with E-state index in [4.69, 9.17) is 5.11 Å². The summed E-state index contributed by atoms with van der Waals surface area (Å²) < 4.78 is 0. The van der Waals surface area contributed by atoms with Crippen molar-refractivity contribution in [1.82, 2.24) is 5.32 Å². The molecule has 0 heterocycles. The van der Waals surface area contributed by atoms with Crippen LogP contribution in [0.1, 0.15) is 38.2 Å². The molecule has 4 heteroatoms. The third-order valence-corrected chi connectivity index (χ3v) is 3.03. The van der Waals surface area contributed by atoms with Crippen molar-refractivity contribution in [1.29, 1.82) is 0 Å². The SMILES string of the molecule is CC(CC(=O)O)CC(=O)NCC(C)c1ccccc1. The van der Waals surface area contributed by atoms with E-state index < -0.39 is 5.97 Å². The van der Waals surface area contributed by atoms with Crippen molar-refractivity contribution in [2.24, 2.45) is 5.92 Å². The van der Waals surface area contributed by atoms with Crippen molar-refractivity contribution < 1.29 is 14.7 Å². The number of carboxylic acid groups (broad SMARTS) is 1. The van der Waals surface area contributed by atoms with Crippen molar-refractivity contribution >= 4 is 11.9 Å². The molecule has 0 fully saturated rings. The maximum Gasteiger partial charge on any atom is 0.303 e. The van der Waals surface area contributed by atoms with Crippen LogP contribution in [0.15, 0.2) is 30.3 Å². The van der Waals surface area contributed by atoms with E-state index in [1.165, 1.54) is 5.56 Å². The van der Waals surface area contributed by atoms with Gasteiger partial charge in [0.2, 0.25) is 5.91 Å². The van der Waals surface area contributed by atoms with Crippen LogP contribution in [-0.2, 0) is 9.59 Å². The summed E-state index contributed by atoms with van der Waals surface area (Å²) in [5, 5.41) is 11.5. The molecule has 19 heavy (non-hydrogen) atoms. The lowest BCUT2D eigenvalue weighted by atomic mass is 10.0. The average molecular weight is 263 g/mol. The summed E-state index contributed by atoms with van der Waals surface area (Å²) in [6.45, 7) is 4.40. The number of aliphatic carboxylic acids is 1. The molecule has 0 aliphatic rings. The quantitative estimate of drug-likeness (QED) is 0.794. The minimum Gasteiger partial charge on any atom is -0.481 e. The Kier molecular flexibility index (Phi) is 6.06. The molecule has 104 valence electrons. The largest absolute Gasteiger partial charge is 0.481 e. The van der Waals surface area contributed by atoms with Crippen LogP contribution >= 0.6 is 0 Å². The van der Waals surface area contributed by atoms with Crippen molar-refractivity contribution in [2.45, 2.75) is 32.6 Å². The van der Waals surface area contributed by atoms with Crippen molar-refractivity contribution in [3.63, 3.8) is 0 Å². The Labute approximate surface area is 113 Å². The fraction of sp³-hybridized carbons (Fsp3) is 0.467. The van der Waals surface area contributed by atoms with Gasteiger partial charge >= 0.3 is 5.97 Å². The van der Waals surface area contributed by atoms with Crippen LogP contribution in [0.2, 0.25) is 0 Å². The molecule has 0 saturated carbocycles. The fourth-order valence-electron chi connectivity index (χ4n) is 1.93. The molecule has 1 aromatic carbocycles. The first-order chi connectivity index (χ1) is 8.99. The second kappa shape index (κ2) is 7.56. The van der Waals surface area contributed by atoms with Crippen LogP contribution in [0.25, 0.3) is 0 Å². The predicted octanol–water partition coefficient (Wildman–Crippen LogP) is 2.41. The summed E-state index contributed by atoms with van der Waals surface area (Å²) in [4.78, 5) is 22.2. The van der Waals surface area contributed by atoms with E-state index in [1.807, 2.05) is 30.3 Å². The standard InChI is InChI=1S/C15H21NO3/c1-11(9-15(18)19)8-14(17)16-10-12(2)13-6-4-3-5-7-13/h3-7,11-12H,8-10H2,1-2H3,(H,16,17)(H,18,19). The van der Waals surface area contributed by atoms with Gasteiger partial charge in [0, 0.05) is 19.4 Å². The van der Waals surface area contributed by atoms with Gasteiger partial charge in [0.05, 0.1) is 0 Å². The Morgan fingerprint density at radius 1 is 1.16 bits per heavy atom. The molecule has 0 spiro atoms. The molecule has 1 aromatic rings. The van der Waals surface area contributed by atoms with Crippen molar-refractivity contribution in [2.75, 3.05) is 6.54 Å². The van der Waals surface area contributed by atoms with Crippen LogP contribution in [-0.4, -0.2) is 23.5 Å². The Bertz CT molecular complexity index is 417. The molecule has 0 radical (unpaired) electrons. The topological polar surface area (TPSA) is 66.4 Å². The van der Waals surface area contributed by atoms with Crippen LogP contribution < -0.4 is 5.32 Å². The highest BCUT2D eigenvalue weighted by Crippen LogP contribution is 2.13. The fourth-order valence-corrected chi connectivity index (χ4v) is 1.93. The van der Waals surface area contributed by atoms with E-state index in [1.54, 1.807) is 6.92 Å². The second-order valence-corrected chi connectivity index (χ2v) is 5.02. The number of hydrogen-bond acceptors (Lipinski definition) is 2. The van der Waals surface area contributed by atoms with Gasteiger partial charge < -0.3 is 10.4 Å². The summed E-state index contributed by atoms with van der Waals surface area (Å²) in [5.41, 5.74) is 1.18. The van der Waals surface area contributed by atoms with Gasteiger partial charge in [0.15, 0.2) is 0 Å². The molecule has 4 nitrogen and oxygen atoms in total. The minimum absolute atomic E-state index is 0.0294. The number of carbonyl (C=O) groups excluding carboxylic acids is 1. The van der Waals surface area contributed by atoms with Gasteiger partial charge in [-0.05, 0) is 17.4 Å². The first-order valence-electron chi connectivity index (χ1n) is 6.52. The van der Waals surface area contributed by atoms with E-state index in [0.717, 1.165) is 0 Å². The van der Waals surface area contributed by atoms with Gasteiger partial charge in [-0.25, -0.2) is 0 Å². The average Bonchev–Trinajstić information content (AvgIpc) is 2.36. The summed E-state index contributed by atoms with van der Waals surface area (Å²) in [6, 6.07) is 9.97. The monoisotopic (exact) mass is 263 g/mol. The third kappa shape index (κ3) is 6.04. The molecule has 1 amide bonds. The van der Waals surface area contributed by atoms with Crippen molar-refractivity contribution in [3.05, 3.63) is 35.9 Å². The lowest BCUT2D eigenvalue weighted by Gasteiger charge is -2.14. The van der Waals surface area contributed by atoms with E-state index in [9.17, 15) is 9.59 Å². The van der Waals surface area contributed by atoms with Gasteiger partial charge in [0.25, 0.3) is 0 Å². The second-order valence-electron chi connectivity index (χ2n) is 5.02. The molecule has 0 aromatic heterocycles. The molecule has 0 aliphatic heterocycles. The van der Waals surface area contributed by atoms with Crippen molar-refractivity contribution in [3.8, 4) is 0 Å². The maximum absolute atomic E-state index is 11.7. The zero-order valence-electron chi connectivity index (χ0n) is 11.4. The summed E-state index contributed by atoms with van der Waals surface area (Å²) in [5.74, 6) is -0.834. The molecule has 0 aliphatic carbocycles. The highest BCUT2D eigenvalue weighted by molar-refractivity contribution is 5.77. The van der Waals surface area contributed by atoms with Crippen LogP contribution in [0.3, 0.4) is 0 Å². The number of carboxylic acids is 1. The summed E-state index contributed by atoms with van der Waals surface area (Å²) >= 11 is 0. The zero-order valence-corrected chi connectivity index (χ0v) is 11.4. The maximum atomic E-state index is 11.7. The lowest BCUT2D eigenvalue weighted by Crippen LogP contribution is -2.29. The van der Waals surface area contributed by atoms with E-state index in [-0.39, 0.29) is 30.6 Å². The first-order valence-corrected chi connectivity index (χ1v) is 6.52. The predicted molar refractivity (Wildman–Crippen MR) is 73.9 cm³/mol. The summed E-state index contributed by atoms with van der Waals surface area (Å²) in [6.07, 6.45) is 0.287. The third-order valence-electron chi connectivity index (χ3n) is 3.03. The van der Waals surface area contributed by atoms with E-state index >= 15 is 0 Å². The molecule has 2 unspecified atom stereocenters. The Morgan fingerprint density at radius 3 is 2.37 bits per heavy atom. The molecule has 2 N–H and O–H groups in total. The van der Waals surface area contributed by atoms with Gasteiger partial charge in [-0.2, -0.15) is 0 Å². The number of amides is 1. The van der Waals surface area contributed by atoms with Gasteiger partial charge in [-0.3, -0.25) is 9.59 Å². The van der Waals surface area contributed by atoms with E-state index in [2.05, 4.69) is 12.2 Å². The highest BCUT2D eigenvalue weighted by atomic mass is 16.4. The number of hydrogen-bond donors (Lipinski definition) is 2. The lowest BCUT2D eigenvalue weighted by molar-refractivity contribution is -0.138. The first kappa shape index (κ1) is 15.2. The molecule has 0 bridgehead atoms. The highest BCUT2D eigenvalue weighted by Gasteiger charge is 2.13. The molecular weight excluding hydrogens is 242 g/mol.